The van der Waals surface area contributed by atoms with Crippen molar-refractivity contribution < 1.29 is 26.3 Å². The van der Waals surface area contributed by atoms with Crippen LogP contribution in [0.15, 0.2) is 71.4 Å². The van der Waals surface area contributed by atoms with Crippen LogP contribution in [0.1, 0.15) is 5.56 Å². The van der Waals surface area contributed by atoms with Gasteiger partial charge in [0.15, 0.2) is 23.3 Å². The van der Waals surface area contributed by atoms with E-state index in [0.29, 0.717) is 0 Å². The van der Waals surface area contributed by atoms with Gasteiger partial charge in [0.2, 0.25) is 11.7 Å². The predicted molar refractivity (Wildman–Crippen MR) is 62.1 cm³/mol. The van der Waals surface area contributed by atoms with Crippen LogP contribution in [-0.4, -0.2) is 0 Å². The van der Waals surface area contributed by atoms with E-state index in [9.17, 15) is 26.3 Å². The number of benzene rings is 1. The second-order valence-corrected chi connectivity index (χ2v) is 3.84. The quantitative estimate of drug-likeness (QED) is 0.595. The maximum atomic E-state index is 13.8. The van der Waals surface area contributed by atoms with Gasteiger partial charge in [0.25, 0.3) is 0 Å². The monoisotopic (exact) mass is 288 g/mol. The zero-order valence-corrected chi connectivity index (χ0v) is 9.73. The van der Waals surface area contributed by atoms with Gasteiger partial charge in [-0.1, -0.05) is 30.3 Å². The molecule has 0 amide bonds. The Morgan fingerprint density at radius 2 is 1.05 bits per heavy atom. The van der Waals surface area contributed by atoms with Crippen molar-refractivity contribution in [3.63, 3.8) is 0 Å². The van der Waals surface area contributed by atoms with Crippen molar-refractivity contribution in [1.29, 1.82) is 0 Å². The molecule has 0 spiro atoms. The molecular formula is C14H6F6. The van der Waals surface area contributed by atoms with Crippen molar-refractivity contribution >= 4 is 5.57 Å². The third-order valence-corrected chi connectivity index (χ3v) is 2.57. The largest absolute Gasteiger partial charge is 0.204 e. The molecule has 0 heterocycles. The molecule has 0 bridgehead atoms. The molecular weight excluding hydrogens is 282 g/mol. The minimum absolute atomic E-state index is 0.0155. The van der Waals surface area contributed by atoms with E-state index in [-0.39, 0.29) is 11.6 Å². The molecule has 1 aliphatic rings. The summed E-state index contributed by atoms with van der Waals surface area (Å²) in [6.07, 6.45) is 0.269. The highest BCUT2D eigenvalue weighted by molar-refractivity contribution is 5.79. The topological polar surface area (TPSA) is 0 Å². The lowest BCUT2D eigenvalue weighted by atomic mass is 10.0. The molecule has 104 valence electrons. The van der Waals surface area contributed by atoms with Gasteiger partial charge in [0.05, 0.1) is 0 Å². The molecule has 6 heteroatoms. The average Bonchev–Trinajstić information content (AvgIpc) is 2.48. The Labute approximate surface area is 110 Å². The van der Waals surface area contributed by atoms with E-state index in [1.54, 1.807) is 6.07 Å². The Morgan fingerprint density at radius 1 is 0.550 bits per heavy atom. The van der Waals surface area contributed by atoms with Crippen LogP contribution in [0.5, 0.6) is 0 Å². The Kier molecular flexibility index (Phi) is 3.83. The molecule has 2 rings (SSSR count). The van der Waals surface area contributed by atoms with E-state index in [4.69, 9.17) is 0 Å². The van der Waals surface area contributed by atoms with E-state index >= 15 is 0 Å². The Morgan fingerprint density at radius 3 is 1.65 bits per heavy atom. The number of allylic oxidation sites excluding steroid dienone is 8. The summed E-state index contributed by atoms with van der Waals surface area (Å²) < 4.78 is 79.7. The first-order valence-electron chi connectivity index (χ1n) is 5.37. The van der Waals surface area contributed by atoms with Crippen molar-refractivity contribution in [1.82, 2.24) is 0 Å². The maximum absolute atomic E-state index is 13.8. The molecule has 0 aromatic heterocycles. The summed E-state index contributed by atoms with van der Waals surface area (Å²) in [5.74, 6) is -12.9. The Hall–Kier alpha value is -2.24. The molecule has 0 aliphatic heterocycles. The zero-order chi connectivity index (χ0) is 14.9. The fourth-order valence-electron chi connectivity index (χ4n) is 1.59. The minimum atomic E-state index is -2.42. The summed E-state index contributed by atoms with van der Waals surface area (Å²) >= 11 is 0. The summed E-state index contributed by atoms with van der Waals surface area (Å²) in [4.78, 5) is 0. The Bertz CT molecular complexity index is 664. The highest BCUT2D eigenvalue weighted by Gasteiger charge is 2.27. The van der Waals surface area contributed by atoms with Crippen LogP contribution in [0.2, 0.25) is 0 Å². The van der Waals surface area contributed by atoms with Crippen LogP contribution in [-0.2, 0) is 0 Å². The summed E-state index contributed by atoms with van der Waals surface area (Å²) in [6.45, 7) is 0. The molecule has 0 N–H and O–H groups in total. The van der Waals surface area contributed by atoms with E-state index < -0.39 is 40.5 Å². The lowest BCUT2D eigenvalue weighted by Gasteiger charge is -2.09. The second-order valence-electron chi connectivity index (χ2n) is 3.84. The van der Waals surface area contributed by atoms with E-state index in [1.165, 1.54) is 24.3 Å². The SMILES string of the molecule is FC1=CC(c2ccccc2)=C(F)C(F)=C(F)C(F)=C1F. The molecule has 0 unspecified atom stereocenters. The van der Waals surface area contributed by atoms with Gasteiger partial charge in [-0.3, -0.25) is 0 Å². The van der Waals surface area contributed by atoms with Crippen molar-refractivity contribution in [2.24, 2.45) is 0 Å². The molecule has 0 atom stereocenters. The summed E-state index contributed by atoms with van der Waals surface area (Å²) in [5.41, 5.74) is -0.739. The molecule has 0 nitrogen and oxygen atoms in total. The number of hydrogen-bond donors (Lipinski definition) is 0. The van der Waals surface area contributed by atoms with Crippen LogP contribution in [0.25, 0.3) is 5.57 Å². The van der Waals surface area contributed by atoms with Crippen LogP contribution in [0.3, 0.4) is 0 Å². The van der Waals surface area contributed by atoms with Gasteiger partial charge in [0, 0.05) is 5.57 Å². The van der Waals surface area contributed by atoms with Gasteiger partial charge >= 0.3 is 0 Å². The molecule has 0 radical (unpaired) electrons. The normalized spacial score (nSPS) is 17.2. The van der Waals surface area contributed by atoms with Gasteiger partial charge in [-0.15, -0.1) is 0 Å². The molecule has 20 heavy (non-hydrogen) atoms. The standard InChI is InChI=1S/C14H6F6/c15-9-6-8(7-4-2-1-3-5-7)10(16)12(18)14(20)13(19)11(9)17/h1-6H. The fourth-order valence-corrected chi connectivity index (χ4v) is 1.59. The molecule has 0 saturated heterocycles. The smallest absolute Gasteiger partial charge is 0.200 e. The van der Waals surface area contributed by atoms with Crippen molar-refractivity contribution in [3.05, 3.63) is 76.9 Å². The van der Waals surface area contributed by atoms with Crippen LogP contribution in [0, 0.1) is 0 Å². The Balaban J connectivity index is 2.74. The molecule has 1 aromatic rings. The number of halogens is 6. The van der Waals surface area contributed by atoms with Crippen molar-refractivity contribution in [2.75, 3.05) is 0 Å². The van der Waals surface area contributed by atoms with Crippen LogP contribution >= 0.6 is 0 Å². The fraction of sp³-hybridized carbons (Fsp3) is 0. The first-order valence-corrected chi connectivity index (χ1v) is 5.37. The zero-order valence-electron chi connectivity index (χ0n) is 9.73. The molecule has 1 aliphatic carbocycles. The van der Waals surface area contributed by atoms with Crippen molar-refractivity contribution in [2.45, 2.75) is 0 Å². The first kappa shape index (κ1) is 14.2. The van der Waals surface area contributed by atoms with E-state index in [2.05, 4.69) is 0 Å². The molecule has 1 aromatic carbocycles. The number of hydrogen-bond acceptors (Lipinski definition) is 0. The highest BCUT2D eigenvalue weighted by Crippen LogP contribution is 2.38. The minimum Gasteiger partial charge on any atom is -0.204 e. The van der Waals surface area contributed by atoms with E-state index in [1.807, 2.05) is 0 Å². The van der Waals surface area contributed by atoms with Crippen LogP contribution in [0.4, 0.5) is 26.3 Å². The van der Waals surface area contributed by atoms with Gasteiger partial charge in [0.1, 0.15) is 0 Å². The average molecular weight is 288 g/mol. The van der Waals surface area contributed by atoms with Gasteiger partial charge in [-0.2, -0.15) is 0 Å². The first-order chi connectivity index (χ1) is 9.43. The van der Waals surface area contributed by atoms with Crippen LogP contribution < -0.4 is 0 Å². The van der Waals surface area contributed by atoms with Gasteiger partial charge in [-0.05, 0) is 11.6 Å². The lowest BCUT2D eigenvalue weighted by Crippen LogP contribution is -1.96. The van der Waals surface area contributed by atoms with E-state index in [0.717, 1.165) is 0 Å². The summed E-state index contributed by atoms with van der Waals surface area (Å²) in [5, 5.41) is 0. The van der Waals surface area contributed by atoms with Crippen molar-refractivity contribution in [3.8, 4) is 0 Å². The number of rotatable bonds is 1. The molecule has 0 fully saturated rings. The third kappa shape index (κ3) is 2.41. The van der Waals surface area contributed by atoms with Gasteiger partial charge < -0.3 is 0 Å². The maximum Gasteiger partial charge on any atom is 0.200 e. The predicted octanol–water partition coefficient (Wildman–Crippen LogP) is 5.54. The lowest BCUT2D eigenvalue weighted by molar-refractivity contribution is 0.437. The third-order valence-electron chi connectivity index (χ3n) is 2.57. The second kappa shape index (κ2) is 5.40. The highest BCUT2D eigenvalue weighted by atomic mass is 19.2. The molecule has 0 saturated carbocycles. The van der Waals surface area contributed by atoms with Gasteiger partial charge in [-0.25, -0.2) is 26.3 Å². The summed E-state index contributed by atoms with van der Waals surface area (Å²) in [6, 6.07) is 6.99. The summed E-state index contributed by atoms with van der Waals surface area (Å²) in [7, 11) is 0.